The molecule has 0 aromatic heterocycles. The maximum Gasteiger partial charge on any atom is 0.304 e. The number of benzene rings is 2. The second-order valence-electron chi connectivity index (χ2n) is 8.19. The predicted molar refractivity (Wildman–Crippen MR) is 125 cm³/mol. The van der Waals surface area contributed by atoms with Crippen LogP contribution in [0.1, 0.15) is 62.1 Å². The minimum atomic E-state index is -0.997. The molecule has 1 N–H and O–H groups in total. The summed E-state index contributed by atoms with van der Waals surface area (Å²) in [6.45, 7) is 1.99. The Kier molecular flexibility index (Phi) is 8.17. The third-order valence-corrected chi connectivity index (χ3v) is 6.67. The van der Waals surface area contributed by atoms with Crippen LogP contribution in [-0.2, 0) is 9.59 Å². The molecule has 32 heavy (non-hydrogen) atoms. The molecular weight excluding hydrogens is 447 g/mol. The second kappa shape index (κ2) is 10.8. The summed E-state index contributed by atoms with van der Waals surface area (Å²) in [6, 6.07) is 16.6. The normalized spacial score (nSPS) is 21.8. The van der Waals surface area contributed by atoms with Gasteiger partial charge in [0, 0.05) is 34.3 Å². The van der Waals surface area contributed by atoms with Gasteiger partial charge in [-0.3, -0.25) is 9.59 Å². The molecule has 2 aromatic rings. The zero-order chi connectivity index (χ0) is 23.3. The summed E-state index contributed by atoms with van der Waals surface area (Å²) in [5, 5.41) is 19.8. The maximum atomic E-state index is 13.6. The summed E-state index contributed by atoms with van der Waals surface area (Å²) in [6.07, 6.45) is 1.70. The number of aliphatic carboxylic acids is 1. The van der Waals surface area contributed by atoms with Crippen molar-refractivity contribution >= 4 is 35.1 Å². The zero-order valence-corrected chi connectivity index (χ0v) is 19.4. The average molecular weight is 473 g/mol. The molecule has 1 amide bonds. The smallest absolute Gasteiger partial charge is 0.304 e. The van der Waals surface area contributed by atoms with Crippen molar-refractivity contribution in [2.75, 3.05) is 0 Å². The van der Waals surface area contributed by atoms with E-state index in [1.54, 1.807) is 18.2 Å². The summed E-state index contributed by atoms with van der Waals surface area (Å²) in [5.41, 5.74) is 1.89. The van der Waals surface area contributed by atoms with E-state index < -0.39 is 11.9 Å². The summed E-state index contributed by atoms with van der Waals surface area (Å²) in [4.78, 5) is 27.1. The van der Waals surface area contributed by atoms with E-state index in [1.165, 1.54) is 0 Å². The van der Waals surface area contributed by atoms with Gasteiger partial charge in [0.05, 0.1) is 18.5 Å². The summed E-state index contributed by atoms with van der Waals surface area (Å²) >= 11 is 12.4. The van der Waals surface area contributed by atoms with Gasteiger partial charge in [-0.1, -0.05) is 54.4 Å². The summed E-state index contributed by atoms with van der Waals surface area (Å²) < 4.78 is 0. The largest absolute Gasteiger partial charge is 0.481 e. The summed E-state index contributed by atoms with van der Waals surface area (Å²) in [7, 11) is 0. The highest BCUT2D eigenvalue weighted by Gasteiger charge is 2.45. The van der Waals surface area contributed by atoms with E-state index in [2.05, 4.69) is 6.07 Å². The fourth-order valence-electron chi connectivity index (χ4n) is 4.75. The Bertz CT molecular complexity index is 1000. The fraction of sp³-hybridized carbons (Fsp3) is 0.400. The lowest BCUT2D eigenvalue weighted by Gasteiger charge is -2.48. The van der Waals surface area contributed by atoms with Gasteiger partial charge in [-0.2, -0.15) is 5.26 Å². The Morgan fingerprint density at radius 1 is 1.19 bits per heavy atom. The van der Waals surface area contributed by atoms with Crippen LogP contribution in [-0.4, -0.2) is 27.9 Å². The molecule has 3 rings (SSSR count). The Balaban J connectivity index is 2.16. The quantitative estimate of drug-likeness (QED) is 0.493. The highest BCUT2D eigenvalue weighted by atomic mass is 35.5. The molecule has 0 radical (unpaired) electrons. The number of carbonyl (C=O) groups excluding carboxylic acids is 1. The van der Waals surface area contributed by atoms with Gasteiger partial charge in [0.25, 0.3) is 0 Å². The van der Waals surface area contributed by atoms with Crippen LogP contribution in [0.5, 0.6) is 0 Å². The number of carbonyl (C=O) groups is 2. The molecule has 7 heteroatoms. The molecular formula is C25H26Cl2N2O3. The van der Waals surface area contributed by atoms with Crippen LogP contribution in [0, 0.1) is 17.2 Å². The molecule has 0 unspecified atom stereocenters. The van der Waals surface area contributed by atoms with E-state index in [0.717, 1.165) is 11.1 Å². The first-order valence-corrected chi connectivity index (χ1v) is 11.5. The molecule has 0 saturated carbocycles. The summed E-state index contributed by atoms with van der Waals surface area (Å²) in [5.74, 6) is -1.96. The van der Waals surface area contributed by atoms with E-state index >= 15 is 0 Å². The average Bonchev–Trinajstić information content (AvgIpc) is 2.76. The predicted octanol–water partition coefficient (Wildman–Crippen LogP) is 6.22. The number of likely N-dealkylation sites (tertiary alicyclic amines) is 1. The molecule has 2 aromatic carbocycles. The van der Waals surface area contributed by atoms with Crippen molar-refractivity contribution in [3.8, 4) is 6.07 Å². The number of hydrogen-bond acceptors (Lipinski definition) is 3. The topological polar surface area (TPSA) is 81.4 Å². The molecule has 1 aliphatic heterocycles. The van der Waals surface area contributed by atoms with Crippen LogP contribution >= 0.6 is 23.2 Å². The van der Waals surface area contributed by atoms with Crippen molar-refractivity contribution in [1.29, 1.82) is 5.26 Å². The van der Waals surface area contributed by atoms with Gasteiger partial charge in [0.1, 0.15) is 0 Å². The Morgan fingerprint density at radius 3 is 2.50 bits per heavy atom. The van der Waals surface area contributed by atoms with Crippen molar-refractivity contribution < 1.29 is 14.7 Å². The number of amides is 1. The molecule has 4 atom stereocenters. The van der Waals surface area contributed by atoms with Crippen molar-refractivity contribution in [3.05, 3.63) is 69.7 Å². The van der Waals surface area contributed by atoms with Crippen LogP contribution in [0.3, 0.4) is 0 Å². The highest BCUT2D eigenvalue weighted by molar-refractivity contribution is 6.30. The van der Waals surface area contributed by atoms with Crippen molar-refractivity contribution in [2.24, 2.45) is 5.92 Å². The van der Waals surface area contributed by atoms with Crippen molar-refractivity contribution in [1.82, 2.24) is 4.90 Å². The van der Waals surface area contributed by atoms with Crippen LogP contribution in [0.2, 0.25) is 10.0 Å². The lowest BCUT2D eigenvalue weighted by molar-refractivity contribution is -0.152. The minimum Gasteiger partial charge on any atom is -0.481 e. The number of carboxylic acid groups (broad SMARTS) is 1. The number of piperidine rings is 1. The number of hydrogen-bond donors (Lipinski definition) is 1. The Labute approximate surface area is 198 Å². The number of nitrogens with zero attached hydrogens (tertiary/aromatic N) is 2. The molecule has 5 nitrogen and oxygen atoms in total. The SMILES string of the molecule is CC[C@H](CCC#N)N1C(=O)[C@H](CC(=O)O)C[C@H](c2cccc(Cl)c2)[C@H]1c1ccc(Cl)cc1. The van der Waals surface area contributed by atoms with E-state index in [9.17, 15) is 14.7 Å². The fourth-order valence-corrected chi connectivity index (χ4v) is 5.07. The molecule has 0 aliphatic carbocycles. The number of carboxylic acids is 1. The van der Waals surface area contributed by atoms with Gasteiger partial charge in [-0.25, -0.2) is 0 Å². The molecule has 168 valence electrons. The minimum absolute atomic E-state index is 0.145. The van der Waals surface area contributed by atoms with E-state index in [1.807, 2.05) is 42.2 Å². The number of halogens is 2. The Morgan fingerprint density at radius 2 is 1.91 bits per heavy atom. The van der Waals surface area contributed by atoms with Crippen molar-refractivity contribution in [3.63, 3.8) is 0 Å². The van der Waals surface area contributed by atoms with E-state index in [4.69, 9.17) is 28.5 Å². The number of nitriles is 1. The van der Waals surface area contributed by atoms with Gasteiger partial charge in [0.15, 0.2) is 0 Å². The van der Waals surface area contributed by atoms with Crippen LogP contribution < -0.4 is 0 Å². The first kappa shape index (κ1) is 24.1. The lowest BCUT2D eigenvalue weighted by Crippen LogP contribution is -2.52. The Hall–Kier alpha value is -2.55. The molecule has 0 bridgehead atoms. The van der Waals surface area contributed by atoms with Gasteiger partial charge in [0.2, 0.25) is 5.91 Å². The monoisotopic (exact) mass is 472 g/mol. The van der Waals surface area contributed by atoms with Crippen LogP contribution in [0.25, 0.3) is 0 Å². The van der Waals surface area contributed by atoms with Crippen molar-refractivity contribution in [2.45, 2.75) is 57.0 Å². The first-order valence-electron chi connectivity index (χ1n) is 10.8. The number of rotatable bonds is 8. The van der Waals surface area contributed by atoms with Gasteiger partial charge in [-0.15, -0.1) is 0 Å². The zero-order valence-electron chi connectivity index (χ0n) is 17.9. The molecule has 0 spiro atoms. The third-order valence-electron chi connectivity index (χ3n) is 6.19. The first-order chi connectivity index (χ1) is 15.3. The van der Waals surface area contributed by atoms with Crippen LogP contribution in [0.15, 0.2) is 48.5 Å². The third kappa shape index (κ3) is 5.43. The molecule has 1 aliphatic rings. The molecule has 1 heterocycles. The second-order valence-corrected chi connectivity index (χ2v) is 9.07. The van der Waals surface area contributed by atoms with Gasteiger partial charge >= 0.3 is 5.97 Å². The highest BCUT2D eigenvalue weighted by Crippen LogP contribution is 2.48. The standard InChI is InChI=1S/C25H26Cl2N2O3/c1-2-21(7-4-12-28)29-24(16-8-10-19(26)11-9-16)22(17-5-3-6-20(27)13-17)14-18(25(29)32)15-23(30)31/h3,5-6,8-11,13,18,21-22,24H,2,4,7,14-15H2,1H3,(H,30,31)/t18-,21+,22+,24+/m0/s1. The molecule has 1 saturated heterocycles. The molecule has 1 fully saturated rings. The maximum absolute atomic E-state index is 13.6. The van der Waals surface area contributed by atoms with Gasteiger partial charge in [-0.05, 0) is 54.7 Å². The van der Waals surface area contributed by atoms with Crippen LogP contribution in [0.4, 0.5) is 0 Å². The van der Waals surface area contributed by atoms with E-state index in [-0.39, 0.29) is 30.3 Å². The van der Waals surface area contributed by atoms with Gasteiger partial charge < -0.3 is 10.0 Å². The van der Waals surface area contributed by atoms with E-state index in [0.29, 0.717) is 35.7 Å². The lowest BCUT2D eigenvalue weighted by atomic mass is 9.74.